The van der Waals surface area contributed by atoms with Crippen molar-refractivity contribution >= 4 is 22.9 Å². The number of aryl methyl sites for hydroxylation is 1. The first-order chi connectivity index (χ1) is 13.1. The fourth-order valence-electron chi connectivity index (χ4n) is 2.91. The zero-order valence-corrected chi connectivity index (χ0v) is 14.7. The number of amides is 1. The third kappa shape index (κ3) is 3.42. The summed E-state index contributed by atoms with van der Waals surface area (Å²) in [6.45, 7) is 1.89. The highest BCUT2D eigenvalue weighted by molar-refractivity contribution is 5.88. The fraction of sp³-hybridized carbons (Fsp3) is 0.143. The number of carbonyl (C=O) groups excluding carboxylic acids is 1. The molecule has 0 fully saturated rings. The zero-order chi connectivity index (χ0) is 18.8. The van der Waals surface area contributed by atoms with Crippen LogP contribution in [0.2, 0.25) is 0 Å². The first-order valence-electron chi connectivity index (χ1n) is 8.55. The number of para-hydroxylation sites is 1. The number of ether oxygens (including phenoxy) is 2. The smallest absolute Gasteiger partial charge is 0.284 e. The molecular weight excluding hydrogens is 344 g/mol. The number of nitrogens with zero attached hydrogens (tertiary/aromatic N) is 1. The SMILES string of the molecule is Cc1cccc(C=NNC(=O)C2COc3cc4ccccc4cc3O2)c1O. The van der Waals surface area contributed by atoms with E-state index in [9.17, 15) is 9.90 Å². The monoisotopic (exact) mass is 362 g/mol. The molecule has 0 aliphatic carbocycles. The molecular formula is C21H18N2O4. The van der Waals surface area contributed by atoms with E-state index in [1.165, 1.54) is 6.21 Å². The molecule has 0 radical (unpaired) electrons. The maximum atomic E-state index is 12.3. The summed E-state index contributed by atoms with van der Waals surface area (Å²) in [6, 6.07) is 16.9. The van der Waals surface area contributed by atoms with E-state index in [0.717, 1.165) is 16.3 Å². The lowest BCUT2D eigenvalue weighted by atomic mass is 10.1. The zero-order valence-electron chi connectivity index (χ0n) is 14.7. The van der Waals surface area contributed by atoms with Gasteiger partial charge in [0.15, 0.2) is 11.5 Å². The van der Waals surface area contributed by atoms with Gasteiger partial charge in [0.2, 0.25) is 6.10 Å². The second kappa shape index (κ2) is 6.99. The van der Waals surface area contributed by atoms with Crippen molar-refractivity contribution in [1.29, 1.82) is 0 Å². The summed E-state index contributed by atoms with van der Waals surface area (Å²) in [4.78, 5) is 12.3. The van der Waals surface area contributed by atoms with Crippen molar-refractivity contribution in [3.63, 3.8) is 0 Å². The Bertz CT molecular complexity index is 1050. The van der Waals surface area contributed by atoms with Crippen LogP contribution in [0.15, 0.2) is 59.7 Å². The number of nitrogens with one attached hydrogen (secondary N) is 1. The van der Waals surface area contributed by atoms with E-state index < -0.39 is 12.0 Å². The van der Waals surface area contributed by atoms with Gasteiger partial charge in [-0.1, -0.05) is 36.4 Å². The molecule has 4 rings (SSSR count). The second-order valence-electron chi connectivity index (χ2n) is 6.31. The molecule has 3 aromatic carbocycles. The third-order valence-corrected chi connectivity index (χ3v) is 4.41. The Labute approximate surface area is 156 Å². The molecule has 0 bridgehead atoms. The van der Waals surface area contributed by atoms with Gasteiger partial charge >= 0.3 is 0 Å². The number of phenolic OH excluding ortho intramolecular Hbond substituents is 1. The molecule has 0 aromatic heterocycles. The first kappa shape index (κ1) is 16.9. The molecule has 1 aliphatic heterocycles. The van der Waals surface area contributed by atoms with Crippen molar-refractivity contribution in [1.82, 2.24) is 5.43 Å². The van der Waals surface area contributed by atoms with Crippen LogP contribution < -0.4 is 14.9 Å². The summed E-state index contributed by atoms with van der Waals surface area (Å²) in [6.07, 6.45) is 0.590. The molecule has 2 N–H and O–H groups in total. The average molecular weight is 362 g/mol. The lowest BCUT2D eigenvalue weighted by Gasteiger charge is -2.25. The summed E-state index contributed by atoms with van der Waals surface area (Å²) in [7, 11) is 0. The van der Waals surface area contributed by atoms with Crippen molar-refractivity contribution < 1.29 is 19.4 Å². The van der Waals surface area contributed by atoms with Crippen molar-refractivity contribution in [2.24, 2.45) is 5.10 Å². The van der Waals surface area contributed by atoms with Gasteiger partial charge in [-0.05, 0) is 41.5 Å². The number of benzene rings is 3. The molecule has 27 heavy (non-hydrogen) atoms. The molecule has 136 valence electrons. The Hall–Kier alpha value is -3.54. The van der Waals surface area contributed by atoms with Gasteiger partial charge in [-0.25, -0.2) is 5.43 Å². The number of carbonyl (C=O) groups is 1. The number of rotatable bonds is 3. The molecule has 1 aliphatic rings. The van der Waals surface area contributed by atoms with Gasteiger partial charge in [0.05, 0.1) is 6.21 Å². The van der Waals surface area contributed by atoms with E-state index in [-0.39, 0.29) is 12.4 Å². The Morgan fingerprint density at radius 3 is 2.67 bits per heavy atom. The minimum absolute atomic E-state index is 0.0996. The van der Waals surface area contributed by atoms with Gasteiger partial charge in [-0.15, -0.1) is 0 Å². The number of hydrazone groups is 1. The maximum absolute atomic E-state index is 12.3. The largest absolute Gasteiger partial charge is 0.507 e. The van der Waals surface area contributed by atoms with Crippen LogP contribution in [0.25, 0.3) is 10.8 Å². The van der Waals surface area contributed by atoms with E-state index in [2.05, 4.69) is 10.5 Å². The second-order valence-corrected chi connectivity index (χ2v) is 6.31. The highest BCUT2D eigenvalue weighted by atomic mass is 16.6. The van der Waals surface area contributed by atoms with Crippen LogP contribution in [0.5, 0.6) is 17.2 Å². The molecule has 6 heteroatoms. The third-order valence-electron chi connectivity index (χ3n) is 4.41. The Morgan fingerprint density at radius 1 is 1.15 bits per heavy atom. The minimum atomic E-state index is -0.804. The standard InChI is InChI=1S/C21H18N2O4/c1-13-5-4-8-16(20(13)24)11-22-23-21(25)19-12-26-17-9-14-6-2-3-7-15(14)10-18(17)27-19/h2-11,19,24H,12H2,1H3,(H,23,25). The molecule has 0 saturated carbocycles. The summed E-state index contributed by atoms with van der Waals surface area (Å²) in [5.74, 6) is 0.858. The number of aromatic hydroxyl groups is 1. The highest BCUT2D eigenvalue weighted by Gasteiger charge is 2.27. The van der Waals surface area contributed by atoms with E-state index in [1.54, 1.807) is 25.1 Å². The normalized spacial score (nSPS) is 15.8. The van der Waals surface area contributed by atoms with Gasteiger partial charge in [-0.2, -0.15) is 5.10 Å². The van der Waals surface area contributed by atoms with Crippen LogP contribution in [0, 0.1) is 6.92 Å². The van der Waals surface area contributed by atoms with Crippen molar-refractivity contribution in [3.05, 3.63) is 65.7 Å². The summed E-state index contributed by atoms with van der Waals surface area (Å²) in [5, 5.41) is 15.9. The van der Waals surface area contributed by atoms with Crippen molar-refractivity contribution in [2.75, 3.05) is 6.61 Å². The maximum Gasteiger partial charge on any atom is 0.284 e. The van der Waals surface area contributed by atoms with E-state index in [0.29, 0.717) is 17.1 Å². The molecule has 1 unspecified atom stereocenters. The molecule has 6 nitrogen and oxygen atoms in total. The first-order valence-corrected chi connectivity index (χ1v) is 8.55. The van der Waals surface area contributed by atoms with Crippen LogP contribution in [0.1, 0.15) is 11.1 Å². The molecule has 3 aromatic rings. The van der Waals surface area contributed by atoms with Crippen LogP contribution >= 0.6 is 0 Å². The average Bonchev–Trinajstić information content (AvgIpc) is 2.69. The molecule has 0 spiro atoms. The Morgan fingerprint density at radius 2 is 1.89 bits per heavy atom. The molecule has 0 saturated heterocycles. The number of hydrogen-bond donors (Lipinski definition) is 2. The quantitative estimate of drug-likeness (QED) is 0.554. The number of phenols is 1. The predicted molar refractivity (Wildman–Crippen MR) is 102 cm³/mol. The molecule has 1 heterocycles. The van der Waals surface area contributed by atoms with Gasteiger partial charge in [-0.3, -0.25) is 4.79 Å². The van der Waals surface area contributed by atoms with Gasteiger partial charge < -0.3 is 14.6 Å². The molecule has 1 amide bonds. The lowest BCUT2D eigenvalue weighted by molar-refractivity contribution is -0.130. The predicted octanol–water partition coefficient (Wildman–Crippen LogP) is 3.14. The van der Waals surface area contributed by atoms with Gasteiger partial charge in [0.1, 0.15) is 12.4 Å². The van der Waals surface area contributed by atoms with Crippen LogP contribution in [-0.2, 0) is 4.79 Å². The summed E-state index contributed by atoms with van der Waals surface area (Å²) >= 11 is 0. The van der Waals surface area contributed by atoms with Crippen molar-refractivity contribution in [2.45, 2.75) is 13.0 Å². The molecule has 1 atom stereocenters. The number of fused-ring (bicyclic) bond motifs is 2. The fourth-order valence-corrected chi connectivity index (χ4v) is 2.91. The summed E-state index contributed by atoms with van der Waals surface area (Å²) in [5.41, 5.74) is 3.69. The van der Waals surface area contributed by atoms with Crippen LogP contribution in [0.3, 0.4) is 0 Å². The summed E-state index contributed by atoms with van der Waals surface area (Å²) < 4.78 is 11.5. The number of hydrogen-bond acceptors (Lipinski definition) is 5. The van der Waals surface area contributed by atoms with E-state index in [4.69, 9.17) is 9.47 Å². The van der Waals surface area contributed by atoms with Gasteiger partial charge in [0.25, 0.3) is 5.91 Å². The van der Waals surface area contributed by atoms with Crippen LogP contribution in [0.4, 0.5) is 0 Å². The topological polar surface area (TPSA) is 80.2 Å². The van der Waals surface area contributed by atoms with E-state index in [1.807, 2.05) is 36.4 Å². The van der Waals surface area contributed by atoms with Crippen LogP contribution in [-0.4, -0.2) is 29.9 Å². The van der Waals surface area contributed by atoms with Crippen molar-refractivity contribution in [3.8, 4) is 17.2 Å². The van der Waals surface area contributed by atoms with Gasteiger partial charge in [0, 0.05) is 5.56 Å². The lowest BCUT2D eigenvalue weighted by Crippen LogP contribution is -2.42. The van der Waals surface area contributed by atoms with E-state index >= 15 is 0 Å². The Kier molecular flexibility index (Phi) is 4.38. The minimum Gasteiger partial charge on any atom is -0.507 e. The Balaban J connectivity index is 1.45. The highest BCUT2D eigenvalue weighted by Crippen LogP contribution is 2.35.